The Morgan fingerprint density at radius 3 is 0.800 bits per heavy atom. The van der Waals surface area contributed by atoms with Gasteiger partial charge in [-0.1, -0.05) is 0 Å². The number of hydrogen-bond donors (Lipinski definition) is 0. The molecule has 4 radical (unpaired) electrons. The van der Waals surface area contributed by atoms with Gasteiger partial charge < -0.3 is 11.0 Å². The van der Waals surface area contributed by atoms with Crippen molar-refractivity contribution in [3.05, 3.63) is 0 Å². The zero-order chi connectivity index (χ0) is 0. The normalized spacial score (nSPS) is 0. The van der Waals surface area contributed by atoms with E-state index in [2.05, 4.69) is 0 Å². The van der Waals surface area contributed by atoms with Crippen molar-refractivity contribution in [1.82, 2.24) is 0 Å². The van der Waals surface area contributed by atoms with E-state index in [0.717, 1.165) is 0 Å². The van der Waals surface area contributed by atoms with Crippen molar-refractivity contribution in [3.63, 3.8) is 0 Å². The van der Waals surface area contributed by atoms with E-state index < -0.39 is 0 Å². The first-order chi connectivity index (χ1) is 0. The average molecular weight is 286 g/mol. The van der Waals surface area contributed by atoms with Gasteiger partial charge in [-0.25, -0.2) is 0 Å². The third-order valence-electron chi connectivity index (χ3n) is 0. The van der Waals surface area contributed by atoms with Crippen LogP contribution in [0.25, 0.3) is 0 Å². The molecule has 0 fully saturated rings. The van der Waals surface area contributed by atoms with Crippen LogP contribution >= 0.6 is 0 Å². The summed E-state index contributed by atoms with van der Waals surface area (Å²) in [5.74, 6) is 0. The molecular formula is HfO2SiTi. The molecule has 0 saturated heterocycles. The van der Waals surface area contributed by atoms with Gasteiger partial charge in [0, 0.05) is 36.8 Å². The van der Waals surface area contributed by atoms with Gasteiger partial charge in [0.2, 0.25) is 0 Å². The summed E-state index contributed by atoms with van der Waals surface area (Å²) in [4.78, 5) is 0. The van der Waals surface area contributed by atoms with Crippen LogP contribution in [0, 0.1) is 0 Å². The minimum absolute atomic E-state index is 0. The van der Waals surface area contributed by atoms with E-state index in [1.165, 1.54) is 0 Å². The molecule has 0 spiro atoms. The van der Waals surface area contributed by atoms with E-state index in [1.54, 1.807) is 0 Å². The summed E-state index contributed by atoms with van der Waals surface area (Å²) in [6.07, 6.45) is 0. The Hall–Kier alpha value is 1.72. The van der Waals surface area contributed by atoms with E-state index in [1.807, 2.05) is 0 Å². The zero-order valence-electron chi connectivity index (χ0n) is 2.32. The molecule has 0 N–H and O–H groups in total. The Morgan fingerprint density at radius 1 is 0.800 bits per heavy atom. The van der Waals surface area contributed by atoms with Crippen LogP contribution in [0.4, 0.5) is 0 Å². The molecule has 0 unspecified atom stereocenters. The van der Waals surface area contributed by atoms with Crippen molar-refractivity contribution >= 4 is 11.0 Å². The molecule has 0 bridgehead atoms. The second kappa shape index (κ2) is 43.0. The molecule has 0 aromatic carbocycles. The van der Waals surface area contributed by atoms with Crippen molar-refractivity contribution in [1.29, 1.82) is 0 Å². The van der Waals surface area contributed by atoms with E-state index in [-0.39, 0.29) is 69.5 Å². The van der Waals surface area contributed by atoms with Crippen LogP contribution in [0.3, 0.4) is 0 Å². The largest absolute Gasteiger partial charge is 4.00 e. The van der Waals surface area contributed by atoms with Gasteiger partial charge >= 0.3 is 21.7 Å². The summed E-state index contributed by atoms with van der Waals surface area (Å²) >= 11 is 0. The fraction of sp³-hybridized carbons (Fsp3) is 0. The Morgan fingerprint density at radius 2 is 0.800 bits per heavy atom. The maximum atomic E-state index is 0. The molecule has 0 aromatic heterocycles. The summed E-state index contributed by atoms with van der Waals surface area (Å²) in [7, 11) is 0. The van der Waals surface area contributed by atoms with Gasteiger partial charge in [0.1, 0.15) is 0 Å². The average Bonchev–Trinajstić information content (AvgIpc) is 0. The molecule has 0 amide bonds. The van der Waals surface area contributed by atoms with Crippen molar-refractivity contribution < 1.29 is 58.5 Å². The quantitative estimate of drug-likeness (QED) is 0.533. The van der Waals surface area contributed by atoms with Crippen LogP contribution in [0.2, 0.25) is 0 Å². The van der Waals surface area contributed by atoms with Crippen molar-refractivity contribution in [2.45, 2.75) is 0 Å². The summed E-state index contributed by atoms with van der Waals surface area (Å²) in [5.41, 5.74) is 0. The molecule has 0 aliphatic heterocycles. The molecule has 0 atom stereocenters. The van der Waals surface area contributed by atoms with Crippen molar-refractivity contribution in [2.24, 2.45) is 0 Å². The molecule has 5 heteroatoms. The van der Waals surface area contributed by atoms with Gasteiger partial charge in [0.15, 0.2) is 0 Å². The molecule has 0 aliphatic carbocycles. The Balaban J connectivity index is 0. The topological polar surface area (TPSA) is 57.0 Å². The molecule has 5 heavy (non-hydrogen) atoms. The number of rotatable bonds is 0. The predicted molar refractivity (Wildman–Crippen MR) is 7.13 cm³/mol. The molecule has 0 aromatic rings. The standard InChI is InChI=1S/Hf.2O.Si.Ti/q;2*-2;;+4. The van der Waals surface area contributed by atoms with E-state index in [4.69, 9.17) is 0 Å². The summed E-state index contributed by atoms with van der Waals surface area (Å²) in [6.45, 7) is 0. The fourth-order valence-electron chi connectivity index (χ4n) is 0. The van der Waals surface area contributed by atoms with Crippen LogP contribution in [0.15, 0.2) is 0 Å². The Bertz CT molecular complexity index is 9.61. The molecule has 0 heterocycles. The fourth-order valence-corrected chi connectivity index (χ4v) is 0. The second-order valence-electron chi connectivity index (χ2n) is 0. The van der Waals surface area contributed by atoms with Crippen LogP contribution in [-0.4, -0.2) is 11.0 Å². The predicted octanol–water partition coefficient (Wildman–Crippen LogP) is -0.623. The van der Waals surface area contributed by atoms with Crippen LogP contribution in [0.1, 0.15) is 0 Å². The molecule has 0 aliphatic rings. The third kappa shape index (κ3) is 26.7. The van der Waals surface area contributed by atoms with E-state index in [9.17, 15) is 0 Å². The van der Waals surface area contributed by atoms with Gasteiger partial charge in [-0.15, -0.1) is 0 Å². The summed E-state index contributed by atoms with van der Waals surface area (Å²) in [5, 5.41) is 0. The van der Waals surface area contributed by atoms with Crippen LogP contribution in [0.5, 0.6) is 0 Å². The monoisotopic (exact) mass is 288 g/mol. The zero-order valence-corrected chi connectivity index (χ0v) is 8.47. The molecular weight excluding hydrogens is 286 g/mol. The van der Waals surface area contributed by atoms with E-state index >= 15 is 0 Å². The summed E-state index contributed by atoms with van der Waals surface area (Å²) < 4.78 is 0. The van der Waals surface area contributed by atoms with Crippen LogP contribution < -0.4 is 0 Å². The maximum absolute atomic E-state index is 0. The maximum Gasteiger partial charge on any atom is 4.00 e. The first kappa shape index (κ1) is 74.3. The van der Waals surface area contributed by atoms with Crippen molar-refractivity contribution in [3.8, 4) is 0 Å². The smallest absolute Gasteiger partial charge is 2.00 e. The molecule has 0 saturated carbocycles. The summed E-state index contributed by atoms with van der Waals surface area (Å²) in [6, 6.07) is 0. The number of hydrogen-bond acceptors (Lipinski definition) is 0. The van der Waals surface area contributed by atoms with Gasteiger partial charge in [-0.3, -0.25) is 0 Å². The van der Waals surface area contributed by atoms with Gasteiger partial charge in [-0.2, -0.15) is 0 Å². The van der Waals surface area contributed by atoms with E-state index in [0.29, 0.717) is 0 Å². The van der Waals surface area contributed by atoms with Gasteiger partial charge in [0.05, 0.1) is 0 Å². The van der Waals surface area contributed by atoms with Crippen molar-refractivity contribution in [2.75, 3.05) is 0 Å². The molecule has 0 rings (SSSR count). The minimum Gasteiger partial charge on any atom is -2.00 e. The Kier molecular flexibility index (Phi) is 639. The SMILES string of the molecule is [Hf].[O-2].[O-2].[Si].[Ti+4]. The third-order valence-corrected chi connectivity index (χ3v) is 0. The second-order valence-corrected chi connectivity index (χ2v) is 0. The molecule has 24 valence electrons. The van der Waals surface area contributed by atoms with Gasteiger partial charge in [0.25, 0.3) is 0 Å². The molecule has 2 nitrogen and oxygen atoms in total. The minimum atomic E-state index is 0. The Labute approximate surface area is 69.0 Å². The van der Waals surface area contributed by atoms with Crippen LogP contribution in [-0.2, 0) is 58.5 Å². The first-order valence-electron chi connectivity index (χ1n) is 0. The first-order valence-corrected chi connectivity index (χ1v) is 0. The van der Waals surface area contributed by atoms with Gasteiger partial charge in [-0.05, 0) is 0 Å².